The third-order valence-electron chi connectivity index (χ3n) is 2.33. The molecular formula is C12H16ClNO2. The first kappa shape index (κ1) is 12.8. The maximum Gasteiger partial charge on any atom is 0.305 e. The van der Waals surface area contributed by atoms with Crippen molar-refractivity contribution in [2.75, 3.05) is 5.32 Å². The van der Waals surface area contributed by atoms with Crippen molar-refractivity contribution in [3.63, 3.8) is 0 Å². The fraction of sp³-hybridized carbons (Fsp3) is 0.417. The van der Waals surface area contributed by atoms with E-state index in [0.29, 0.717) is 5.02 Å². The van der Waals surface area contributed by atoms with Gasteiger partial charge in [0.15, 0.2) is 0 Å². The van der Waals surface area contributed by atoms with Gasteiger partial charge in [0.25, 0.3) is 0 Å². The molecule has 0 spiro atoms. The molecule has 0 fully saturated rings. The van der Waals surface area contributed by atoms with Crippen LogP contribution in [-0.2, 0) is 4.79 Å². The van der Waals surface area contributed by atoms with Gasteiger partial charge in [0.1, 0.15) is 0 Å². The summed E-state index contributed by atoms with van der Waals surface area (Å²) in [6.45, 7) is 5.60. The average Bonchev–Trinajstić information content (AvgIpc) is 2.10. The minimum absolute atomic E-state index is 0.0545. The largest absolute Gasteiger partial charge is 0.481 e. The first-order valence-corrected chi connectivity index (χ1v) is 5.45. The van der Waals surface area contributed by atoms with E-state index in [1.54, 1.807) is 0 Å². The topological polar surface area (TPSA) is 49.3 Å². The van der Waals surface area contributed by atoms with Crippen molar-refractivity contribution in [1.82, 2.24) is 0 Å². The molecule has 0 bridgehead atoms. The number of rotatable bonds is 4. The minimum atomic E-state index is -0.822. The Morgan fingerprint density at radius 2 is 2.12 bits per heavy atom. The van der Waals surface area contributed by atoms with E-state index < -0.39 is 11.5 Å². The van der Waals surface area contributed by atoms with Crippen LogP contribution in [0.4, 0.5) is 5.69 Å². The van der Waals surface area contributed by atoms with E-state index in [2.05, 4.69) is 5.32 Å². The normalized spacial score (nSPS) is 11.2. The summed E-state index contributed by atoms with van der Waals surface area (Å²) in [5.41, 5.74) is 1.31. The third kappa shape index (κ3) is 3.42. The van der Waals surface area contributed by atoms with Crippen molar-refractivity contribution in [2.24, 2.45) is 0 Å². The van der Waals surface area contributed by atoms with Gasteiger partial charge in [0, 0.05) is 16.2 Å². The van der Waals surface area contributed by atoms with Crippen LogP contribution in [0.3, 0.4) is 0 Å². The molecule has 0 aliphatic rings. The number of hydrogen-bond donors (Lipinski definition) is 2. The summed E-state index contributed by atoms with van der Waals surface area (Å²) in [6, 6.07) is 5.55. The monoisotopic (exact) mass is 241 g/mol. The second-order valence-corrected chi connectivity index (χ2v) is 4.90. The van der Waals surface area contributed by atoms with E-state index in [-0.39, 0.29) is 6.42 Å². The number of carboxylic acid groups (broad SMARTS) is 1. The summed E-state index contributed by atoms with van der Waals surface area (Å²) >= 11 is 5.99. The third-order valence-corrected chi connectivity index (χ3v) is 2.74. The molecule has 3 nitrogen and oxygen atoms in total. The van der Waals surface area contributed by atoms with Gasteiger partial charge in [-0.1, -0.05) is 17.7 Å². The first-order valence-electron chi connectivity index (χ1n) is 5.07. The Morgan fingerprint density at radius 1 is 1.50 bits per heavy atom. The van der Waals surface area contributed by atoms with Crippen LogP contribution in [0.1, 0.15) is 25.8 Å². The molecule has 16 heavy (non-hydrogen) atoms. The van der Waals surface area contributed by atoms with Gasteiger partial charge < -0.3 is 10.4 Å². The van der Waals surface area contributed by atoms with Gasteiger partial charge in [-0.15, -0.1) is 0 Å². The Hall–Kier alpha value is -1.22. The van der Waals surface area contributed by atoms with Crippen molar-refractivity contribution in [3.8, 4) is 0 Å². The van der Waals surface area contributed by atoms with Crippen molar-refractivity contribution in [3.05, 3.63) is 28.8 Å². The van der Waals surface area contributed by atoms with Crippen LogP contribution < -0.4 is 5.32 Å². The maximum atomic E-state index is 10.7. The predicted octanol–water partition coefficient (Wildman–Crippen LogP) is 3.31. The van der Waals surface area contributed by atoms with E-state index in [9.17, 15) is 4.79 Å². The van der Waals surface area contributed by atoms with Crippen LogP contribution in [0.5, 0.6) is 0 Å². The average molecular weight is 242 g/mol. The van der Waals surface area contributed by atoms with Gasteiger partial charge in [-0.05, 0) is 38.5 Å². The standard InChI is InChI=1S/C12H16ClNO2/c1-8-9(13)5-4-6-10(8)14-12(2,3)7-11(15)16/h4-6,14H,7H2,1-3H3,(H,15,16). The van der Waals surface area contributed by atoms with Crippen molar-refractivity contribution >= 4 is 23.3 Å². The number of aliphatic carboxylic acids is 1. The molecular weight excluding hydrogens is 226 g/mol. The van der Waals surface area contributed by atoms with Crippen LogP contribution in [0.25, 0.3) is 0 Å². The van der Waals surface area contributed by atoms with Crippen LogP contribution in [0, 0.1) is 6.92 Å². The fourth-order valence-corrected chi connectivity index (χ4v) is 1.70. The molecule has 0 radical (unpaired) electrons. The summed E-state index contributed by atoms with van der Waals surface area (Å²) in [7, 11) is 0. The summed E-state index contributed by atoms with van der Waals surface area (Å²) < 4.78 is 0. The minimum Gasteiger partial charge on any atom is -0.481 e. The molecule has 0 aliphatic carbocycles. The van der Waals surface area contributed by atoms with Crippen molar-refractivity contribution in [2.45, 2.75) is 32.7 Å². The quantitative estimate of drug-likeness (QED) is 0.850. The first-order chi connectivity index (χ1) is 7.32. The lowest BCUT2D eigenvalue weighted by Gasteiger charge is -2.27. The second kappa shape index (κ2) is 4.74. The lowest BCUT2D eigenvalue weighted by Crippen LogP contribution is -2.33. The van der Waals surface area contributed by atoms with E-state index in [1.807, 2.05) is 39.0 Å². The van der Waals surface area contributed by atoms with Crippen molar-refractivity contribution in [1.29, 1.82) is 0 Å². The number of halogens is 1. The molecule has 0 saturated carbocycles. The SMILES string of the molecule is Cc1c(Cl)cccc1NC(C)(C)CC(=O)O. The Bertz CT molecular complexity index is 402. The fourth-order valence-electron chi connectivity index (χ4n) is 1.53. The highest BCUT2D eigenvalue weighted by atomic mass is 35.5. The number of hydrogen-bond acceptors (Lipinski definition) is 2. The Morgan fingerprint density at radius 3 is 2.69 bits per heavy atom. The predicted molar refractivity (Wildman–Crippen MR) is 66.1 cm³/mol. The Labute approximate surface area is 100 Å². The molecule has 1 rings (SSSR count). The second-order valence-electron chi connectivity index (χ2n) is 4.49. The number of benzene rings is 1. The number of nitrogens with one attached hydrogen (secondary N) is 1. The summed E-state index contributed by atoms with van der Waals surface area (Å²) in [6.07, 6.45) is 0.0545. The molecule has 0 aliphatic heterocycles. The zero-order valence-corrected chi connectivity index (χ0v) is 10.4. The molecule has 88 valence electrons. The highest BCUT2D eigenvalue weighted by molar-refractivity contribution is 6.31. The lowest BCUT2D eigenvalue weighted by atomic mass is 9.99. The Balaban J connectivity index is 2.87. The molecule has 1 aromatic rings. The van der Waals surface area contributed by atoms with E-state index in [1.165, 1.54) is 0 Å². The highest BCUT2D eigenvalue weighted by Crippen LogP contribution is 2.26. The van der Waals surface area contributed by atoms with E-state index >= 15 is 0 Å². The van der Waals surface area contributed by atoms with Gasteiger partial charge in [0.2, 0.25) is 0 Å². The van der Waals surface area contributed by atoms with E-state index in [0.717, 1.165) is 11.3 Å². The molecule has 2 N–H and O–H groups in total. The van der Waals surface area contributed by atoms with Crippen LogP contribution in [0.15, 0.2) is 18.2 Å². The van der Waals surface area contributed by atoms with Gasteiger partial charge in [-0.2, -0.15) is 0 Å². The van der Waals surface area contributed by atoms with Crippen LogP contribution in [-0.4, -0.2) is 16.6 Å². The van der Waals surface area contributed by atoms with Crippen LogP contribution in [0.2, 0.25) is 5.02 Å². The zero-order chi connectivity index (χ0) is 12.3. The summed E-state index contributed by atoms with van der Waals surface area (Å²) in [5, 5.41) is 12.7. The molecule has 0 saturated heterocycles. The smallest absolute Gasteiger partial charge is 0.305 e. The van der Waals surface area contributed by atoms with Gasteiger partial charge >= 0.3 is 5.97 Å². The molecule has 0 atom stereocenters. The molecule has 0 unspecified atom stereocenters. The molecule has 0 amide bonds. The van der Waals surface area contributed by atoms with Gasteiger partial charge in [0.05, 0.1) is 6.42 Å². The van der Waals surface area contributed by atoms with Gasteiger partial charge in [-0.25, -0.2) is 0 Å². The maximum absolute atomic E-state index is 10.7. The number of anilines is 1. The molecule has 1 aromatic carbocycles. The van der Waals surface area contributed by atoms with Crippen LogP contribution >= 0.6 is 11.6 Å². The molecule has 0 heterocycles. The Kier molecular flexibility index (Phi) is 3.81. The van der Waals surface area contributed by atoms with Gasteiger partial charge in [-0.3, -0.25) is 4.79 Å². The molecule has 4 heteroatoms. The highest BCUT2D eigenvalue weighted by Gasteiger charge is 2.22. The molecule has 0 aromatic heterocycles. The van der Waals surface area contributed by atoms with E-state index in [4.69, 9.17) is 16.7 Å². The number of carboxylic acids is 1. The lowest BCUT2D eigenvalue weighted by molar-refractivity contribution is -0.137. The zero-order valence-electron chi connectivity index (χ0n) is 9.67. The summed E-state index contributed by atoms with van der Waals surface area (Å²) in [4.78, 5) is 10.7. The summed E-state index contributed by atoms with van der Waals surface area (Å²) in [5.74, 6) is -0.822. The number of carbonyl (C=O) groups is 1. The van der Waals surface area contributed by atoms with Crippen molar-refractivity contribution < 1.29 is 9.90 Å².